The van der Waals surface area contributed by atoms with Crippen LogP contribution >= 0.6 is 0 Å². The van der Waals surface area contributed by atoms with Crippen LogP contribution in [0, 0.1) is 5.92 Å². The van der Waals surface area contributed by atoms with Crippen LogP contribution in [0.4, 0.5) is 0 Å². The van der Waals surface area contributed by atoms with Gasteiger partial charge in [0.05, 0.1) is 18.8 Å². The molecule has 2 N–H and O–H groups in total. The fourth-order valence-corrected chi connectivity index (χ4v) is 2.44. The molecule has 0 radical (unpaired) electrons. The van der Waals surface area contributed by atoms with Gasteiger partial charge in [-0.1, -0.05) is 0 Å². The largest absolute Gasteiger partial charge is 0.389 e. The lowest BCUT2D eigenvalue weighted by Gasteiger charge is -2.21. The van der Waals surface area contributed by atoms with Crippen molar-refractivity contribution in [3.8, 4) is 0 Å². The summed E-state index contributed by atoms with van der Waals surface area (Å²) in [7, 11) is 1.76. The van der Waals surface area contributed by atoms with Gasteiger partial charge in [0, 0.05) is 26.3 Å². The summed E-state index contributed by atoms with van der Waals surface area (Å²) in [5, 5.41) is 13.2. The van der Waals surface area contributed by atoms with Crippen LogP contribution in [0.5, 0.6) is 0 Å². The van der Waals surface area contributed by atoms with Crippen molar-refractivity contribution in [2.45, 2.75) is 50.4 Å². The highest BCUT2D eigenvalue weighted by Gasteiger charge is 2.27. The minimum Gasteiger partial charge on any atom is -0.389 e. The molecule has 2 saturated carbocycles. The van der Waals surface area contributed by atoms with Gasteiger partial charge in [0.2, 0.25) is 0 Å². The molecule has 4 heteroatoms. The maximum atomic E-state index is 9.77. The molecule has 0 aromatic rings. The molecular formula is C13H25NO3. The molecule has 2 fully saturated rings. The van der Waals surface area contributed by atoms with Gasteiger partial charge < -0.3 is 19.9 Å². The van der Waals surface area contributed by atoms with Gasteiger partial charge in [0.1, 0.15) is 0 Å². The normalized spacial score (nSPS) is 30.7. The van der Waals surface area contributed by atoms with Gasteiger partial charge in [0.25, 0.3) is 0 Å². The Morgan fingerprint density at radius 3 is 2.82 bits per heavy atom. The molecule has 2 aliphatic rings. The quantitative estimate of drug-likeness (QED) is 0.666. The molecule has 17 heavy (non-hydrogen) atoms. The molecule has 100 valence electrons. The number of nitrogens with one attached hydrogen (secondary N) is 1. The smallest absolute Gasteiger partial charge is 0.0897 e. The van der Waals surface area contributed by atoms with Crippen molar-refractivity contribution in [1.82, 2.24) is 5.32 Å². The van der Waals surface area contributed by atoms with E-state index in [1.165, 1.54) is 19.3 Å². The predicted molar refractivity (Wildman–Crippen MR) is 66.0 cm³/mol. The first kappa shape index (κ1) is 13.3. The molecule has 2 rings (SSSR count). The maximum absolute atomic E-state index is 9.77. The van der Waals surface area contributed by atoms with E-state index in [0.717, 1.165) is 25.4 Å². The average molecular weight is 243 g/mol. The topological polar surface area (TPSA) is 50.7 Å². The third-order valence-electron chi connectivity index (χ3n) is 3.73. The first-order valence-electron chi connectivity index (χ1n) is 6.81. The highest BCUT2D eigenvalue weighted by Crippen LogP contribution is 2.28. The van der Waals surface area contributed by atoms with E-state index < -0.39 is 6.10 Å². The monoisotopic (exact) mass is 243 g/mol. The summed E-state index contributed by atoms with van der Waals surface area (Å²) in [4.78, 5) is 0. The van der Waals surface area contributed by atoms with E-state index in [4.69, 9.17) is 9.47 Å². The third kappa shape index (κ3) is 4.54. The second kappa shape index (κ2) is 6.69. The zero-order valence-corrected chi connectivity index (χ0v) is 10.7. The molecule has 0 amide bonds. The molecule has 2 aliphatic carbocycles. The number of aliphatic hydroxyl groups is 1. The van der Waals surface area contributed by atoms with Crippen molar-refractivity contribution >= 4 is 0 Å². The standard InChI is InChI=1S/C13H25NO3/c1-16-13-4-2-3-12(13)14-7-11(15)9-17-8-10-5-6-10/h10-15H,2-9H2,1H3. The molecule has 0 aliphatic heterocycles. The van der Waals surface area contributed by atoms with Crippen LogP contribution in [0.2, 0.25) is 0 Å². The molecule has 4 nitrogen and oxygen atoms in total. The predicted octanol–water partition coefficient (Wildman–Crippen LogP) is 0.931. The van der Waals surface area contributed by atoms with Gasteiger partial charge in [0.15, 0.2) is 0 Å². The van der Waals surface area contributed by atoms with Crippen molar-refractivity contribution in [3.05, 3.63) is 0 Å². The van der Waals surface area contributed by atoms with Crippen LogP contribution in [0.15, 0.2) is 0 Å². The molecule has 0 bridgehead atoms. The Morgan fingerprint density at radius 2 is 2.12 bits per heavy atom. The fourth-order valence-electron chi connectivity index (χ4n) is 2.44. The zero-order chi connectivity index (χ0) is 12.1. The molecule has 0 saturated heterocycles. The van der Waals surface area contributed by atoms with E-state index in [9.17, 15) is 5.11 Å². The Morgan fingerprint density at radius 1 is 1.29 bits per heavy atom. The van der Waals surface area contributed by atoms with E-state index >= 15 is 0 Å². The van der Waals surface area contributed by atoms with Crippen LogP contribution in [0.3, 0.4) is 0 Å². The van der Waals surface area contributed by atoms with Crippen molar-refractivity contribution < 1.29 is 14.6 Å². The van der Waals surface area contributed by atoms with Crippen molar-refractivity contribution in [2.24, 2.45) is 5.92 Å². The lowest BCUT2D eigenvalue weighted by Crippen LogP contribution is -2.42. The van der Waals surface area contributed by atoms with E-state index in [2.05, 4.69) is 5.32 Å². The van der Waals surface area contributed by atoms with E-state index in [0.29, 0.717) is 25.3 Å². The second-order valence-electron chi connectivity index (χ2n) is 5.35. The van der Waals surface area contributed by atoms with E-state index in [-0.39, 0.29) is 0 Å². The summed E-state index contributed by atoms with van der Waals surface area (Å²) < 4.78 is 10.9. The van der Waals surface area contributed by atoms with Crippen LogP contribution in [-0.4, -0.2) is 50.2 Å². The lowest BCUT2D eigenvalue weighted by molar-refractivity contribution is 0.0259. The van der Waals surface area contributed by atoms with Gasteiger partial charge in [-0.2, -0.15) is 0 Å². The average Bonchev–Trinajstić information content (AvgIpc) is 3.03. The van der Waals surface area contributed by atoms with Crippen molar-refractivity contribution in [2.75, 3.05) is 26.9 Å². The van der Waals surface area contributed by atoms with Crippen LogP contribution in [0.1, 0.15) is 32.1 Å². The molecule has 3 unspecified atom stereocenters. The Labute approximate surface area is 104 Å². The van der Waals surface area contributed by atoms with Crippen LogP contribution in [0.25, 0.3) is 0 Å². The first-order chi connectivity index (χ1) is 8.29. The maximum Gasteiger partial charge on any atom is 0.0897 e. The number of aliphatic hydroxyl groups excluding tert-OH is 1. The first-order valence-corrected chi connectivity index (χ1v) is 6.81. The summed E-state index contributed by atoms with van der Waals surface area (Å²) in [6, 6.07) is 0.401. The molecule has 0 aromatic carbocycles. The van der Waals surface area contributed by atoms with Gasteiger partial charge >= 0.3 is 0 Å². The number of rotatable bonds is 8. The molecule has 3 atom stereocenters. The summed E-state index contributed by atoms with van der Waals surface area (Å²) in [6.07, 6.45) is 6.00. The highest BCUT2D eigenvalue weighted by atomic mass is 16.5. The number of hydrogen-bond donors (Lipinski definition) is 2. The minimum atomic E-state index is -0.396. The van der Waals surface area contributed by atoms with E-state index in [1.807, 2.05) is 0 Å². The summed E-state index contributed by atoms with van der Waals surface area (Å²) in [5.41, 5.74) is 0. The molecule has 0 aromatic heterocycles. The fraction of sp³-hybridized carbons (Fsp3) is 1.00. The van der Waals surface area contributed by atoms with Gasteiger partial charge in [-0.3, -0.25) is 0 Å². The highest BCUT2D eigenvalue weighted by molar-refractivity contribution is 4.84. The van der Waals surface area contributed by atoms with Crippen LogP contribution < -0.4 is 5.32 Å². The number of hydrogen-bond acceptors (Lipinski definition) is 4. The van der Waals surface area contributed by atoms with Crippen LogP contribution in [-0.2, 0) is 9.47 Å². The zero-order valence-electron chi connectivity index (χ0n) is 10.7. The number of methoxy groups -OCH3 is 1. The summed E-state index contributed by atoms with van der Waals surface area (Å²) in [6.45, 7) is 1.88. The van der Waals surface area contributed by atoms with Gasteiger partial charge in [-0.05, 0) is 38.0 Å². The molecular weight excluding hydrogens is 218 g/mol. The van der Waals surface area contributed by atoms with Crippen molar-refractivity contribution in [1.29, 1.82) is 0 Å². The second-order valence-corrected chi connectivity index (χ2v) is 5.35. The van der Waals surface area contributed by atoms with Gasteiger partial charge in [-0.25, -0.2) is 0 Å². The number of ether oxygens (including phenoxy) is 2. The SMILES string of the molecule is COC1CCCC1NCC(O)COCC1CC1. The molecule has 0 heterocycles. The Balaban J connectivity index is 1.53. The lowest BCUT2D eigenvalue weighted by atomic mass is 10.2. The van der Waals surface area contributed by atoms with Gasteiger partial charge in [-0.15, -0.1) is 0 Å². The summed E-state index contributed by atoms with van der Waals surface area (Å²) >= 11 is 0. The minimum absolute atomic E-state index is 0.314. The summed E-state index contributed by atoms with van der Waals surface area (Å²) in [5.74, 6) is 0.767. The Kier molecular flexibility index (Phi) is 5.22. The Hall–Kier alpha value is -0.160. The van der Waals surface area contributed by atoms with E-state index in [1.54, 1.807) is 7.11 Å². The molecule has 0 spiro atoms. The third-order valence-corrected chi connectivity index (χ3v) is 3.73. The Bertz CT molecular complexity index is 221. The van der Waals surface area contributed by atoms with Crippen molar-refractivity contribution in [3.63, 3.8) is 0 Å².